The maximum Gasteiger partial charge on any atom is 0.146 e. The molecular weight excluding hydrogens is 190 g/mol. The zero-order valence-corrected chi connectivity index (χ0v) is 8.64. The first-order chi connectivity index (χ1) is 6.72. The van der Waals surface area contributed by atoms with Crippen molar-refractivity contribution in [1.29, 1.82) is 0 Å². The van der Waals surface area contributed by atoms with Crippen molar-refractivity contribution in [1.82, 2.24) is 0 Å². The zero-order valence-electron chi connectivity index (χ0n) is 8.64. The van der Waals surface area contributed by atoms with Crippen molar-refractivity contribution in [2.45, 2.75) is 12.1 Å². The van der Waals surface area contributed by atoms with E-state index in [0.29, 0.717) is 0 Å². The number of hydrogen-bond acceptors (Lipinski definition) is 6. The predicted molar refractivity (Wildman–Crippen MR) is 49.6 cm³/mol. The Hall–Kier alpha value is -0.240. The van der Waals surface area contributed by atoms with Gasteiger partial charge in [0.2, 0.25) is 0 Å². The molecule has 0 aromatic rings. The van der Waals surface area contributed by atoms with Gasteiger partial charge in [-0.25, -0.2) is 0 Å². The van der Waals surface area contributed by atoms with Crippen molar-refractivity contribution in [3.63, 3.8) is 0 Å². The monoisotopic (exact) mass is 209 g/mol. The van der Waals surface area contributed by atoms with Gasteiger partial charge in [-0.3, -0.25) is 0 Å². The van der Waals surface area contributed by atoms with Crippen molar-refractivity contribution in [3.8, 4) is 0 Å². The van der Waals surface area contributed by atoms with Crippen LogP contribution in [0.4, 0.5) is 0 Å². The molecule has 0 fully saturated rings. The van der Waals surface area contributed by atoms with Crippen LogP contribution in [0.5, 0.6) is 0 Å². The molecule has 6 heteroatoms. The van der Waals surface area contributed by atoms with E-state index < -0.39 is 12.1 Å². The molecule has 0 radical (unpaired) electrons. The molecule has 0 saturated heterocycles. The molecule has 86 valence electrons. The number of nitrogens with two attached hydrogens (primary N) is 1. The van der Waals surface area contributed by atoms with Crippen LogP contribution in [-0.4, -0.2) is 58.3 Å². The van der Waals surface area contributed by atoms with Crippen LogP contribution < -0.4 is 5.73 Å². The average Bonchev–Trinajstić information content (AvgIpc) is 2.18. The Morgan fingerprint density at radius 3 is 2.07 bits per heavy atom. The van der Waals surface area contributed by atoms with E-state index in [1.807, 2.05) is 0 Å². The molecule has 3 N–H and O–H groups in total. The summed E-state index contributed by atoms with van der Waals surface area (Å²) in [4.78, 5) is 0. The van der Waals surface area contributed by atoms with Crippen LogP contribution in [0.1, 0.15) is 0 Å². The number of methoxy groups -OCH3 is 2. The summed E-state index contributed by atoms with van der Waals surface area (Å²) in [5.74, 6) is 0. The van der Waals surface area contributed by atoms with Crippen LogP contribution >= 0.6 is 0 Å². The molecule has 0 bridgehead atoms. The molecule has 0 spiro atoms. The standard InChI is InChI=1S/C8H19NO5/c1-11-5-13-3-7(9)8(10)4-14-6-12-2/h7-8,10H,3-6,9H2,1-2H3/t7?,8-/m0/s1. The molecule has 0 aliphatic heterocycles. The molecule has 0 amide bonds. The second kappa shape index (κ2) is 9.32. The fourth-order valence-electron chi connectivity index (χ4n) is 0.754. The molecule has 0 aromatic carbocycles. The maximum absolute atomic E-state index is 9.42. The van der Waals surface area contributed by atoms with Crippen LogP contribution in [0.25, 0.3) is 0 Å². The minimum Gasteiger partial charge on any atom is -0.389 e. The Balaban J connectivity index is 3.39. The quantitative estimate of drug-likeness (QED) is 0.371. The van der Waals surface area contributed by atoms with Crippen LogP contribution in [-0.2, 0) is 18.9 Å². The van der Waals surface area contributed by atoms with E-state index in [1.165, 1.54) is 14.2 Å². The number of hydrogen-bond donors (Lipinski definition) is 2. The van der Waals surface area contributed by atoms with Crippen molar-refractivity contribution >= 4 is 0 Å². The Morgan fingerprint density at radius 2 is 1.57 bits per heavy atom. The molecule has 0 rings (SSSR count). The number of ether oxygens (including phenoxy) is 4. The molecular formula is C8H19NO5. The molecule has 0 heterocycles. The van der Waals surface area contributed by atoms with Gasteiger partial charge < -0.3 is 29.8 Å². The van der Waals surface area contributed by atoms with Gasteiger partial charge in [-0.05, 0) is 0 Å². The van der Waals surface area contributed by atoms with Gasteiger partial charge in [0.15, 0.2) is 0 Å². The lowest BCUT2D eigenvalue weighted by atomic mass is 10.2. The van der Waals surface area contributed by atoms with Crippen LogP contribution in [0.3, 0.4) is 0 Å². The van der Waals surface area contributed by atoms with E-state index in [0.717, 1.165) is 0 Å². The highest BCUT2D eigenvalue weighted by atomic mass is 16.7. The first-order valence-corrected chi connectivity index (χ1v) is 4.29. The first kappa shape index (κ1) is 13.8. The predicted octanol–water partition coefficient (Wildman–Crippen LogP) is -1.08. The van der Waals surface area contributed by atoms with Crippen molar-refractivity contribution in [2.24, 2.45) is 5.73 Å². The van der Waals surface area contributed by atoms with E-state index in [2.05, 4.69) is 9.47 Å². The summed E-state index contributed by atoms with van der Waals surface area (Å²) < 4.78 is 19.2. The Morgan fingerprint density at radius 1 is 1.07 bits per heavy atom. The summed E-state index contributed by atoms with van der Waals surface area (Å²) in [7, 11) is 3.03. The van der Waals surface area contributed by atoms with Gasteiger partial charge in [-0.2, -0.15) is 0 Å². The highest BCUT2D eigenvalue weighted by Crippen LogP contribution is 1.93. The van der Waals surface area contributed by atoms with E-state index in [9.17, 15) is 5.11 Å². The van der Waals surface area contributed by atoms with Crippen LogP contribution in [0.2, 0.25) is 0 Å². The van der Waals surface area contributed by atoms with Gasteiger partial charge in [0.05, 0.1) is 25.4 Å². The van der Waals surface area contributed by atoms with Crippen molar-refractivity contribution in [3.05, 3.63) is 0 Å². The van der Waals surface area contributed by atoms with Gasteiger partial charge in [0.25, 0.3) is 0 Å². The van der Waals surface area contributed by atoms with Gasteiger partial charge in [-0.1, -0.05) is 0 Å². The van der Waals surface area contributed by atoms with Crippen LogP contribution in [0, 0.1) is 0 Å². The number of aliphatic hydroxyl groups is 1. The molecule has 0 aliphatic rings. The largest absolute Gasteiger partial charge is 0.389 e. The van der Waals surface area contributed by atoms with Gasteiger partial charge in [-0.15, -0.1) is 0 Å². The molecule has 0 aromatic heterocycles. The maximum atomic E-state index is 9.42. The normalized spacial score (nSPS) is 15.4. The summed E-state index contributed by atoms with van der Waals surface area (Å²) >= 11 is 0. The third-order valence-corrected chi connectivity index (χ3v) is 1.50. The lowest BCUT2D eigenvalue weighted by Gasteiger charge is -2.18. The third kappa shape index (κ3) is 7.19. The average molecular weight is 209 g/mol. The Bertz CT molecular complexity index is 110. The van der Waals surface area contributed by atoms with Crippen molar-refractivity contribution < 1.29 is 24.1 Å². The summed E-state index contributed by atoms with van der Waals surface area (Å²) in [6.45, 7) is 0.665. The molecule has 14 heavy (non-hydrogen) atoms. The minimum absolute atomic E-state index is 0.130. The zero-order chi connectivity index (χ0) is 10.8. The van der Waals surface area contributed by atoms with E-state index in [1.54, 1.807) is 0 Å². The number of aliphatic hydroxyl groups excluding tert-OH is 1. The van der Waals surface area contributed by atoms with E-state index >= 15 is 0 Å². The second-order valence-electron chi connectivity index (χ2n) is 2.79. The Kier molecular flexibility index (Phi) is 9.16. The topological polar surface area (TPSA) is 83.2 Å². The van der Waals surface area contributed by atoms with Crippen molar-refractivity contribution in [2.75, 3.05) is 41.0 Å². The molecule has 1 unspecified atom stereocenters. The molecule has 0 aliphatic carbocycles. The number of rotatable bonds is 9. The molecule has 6 nitrogen and oxygen atoms in total. The van der Waals surface area contributed by atoms with E-state index in [4.69, 9.17) is 15.2 Å². The summed E-state index contributed by atoms with van der Waals surface area (Å²) in [6.07, 6.45) is -0.762. The van der Waals surface area contributed by atoms with Gasteiger partial charge >= 0.3 is 0 Å². The summed E-state index contributed by atoms with van der Waals surface area (Å²) in [5, 5.41) is 9.42. The fraction of sp³-hybridized carbons (Fsp3) is 1.00. The first-order valence-electron chi connectivity index (χ1n) is 4.29. The van der Waals surface area contributed by atoms with Gasteiger partial charge in [0, 0.05) is 14.2 Å². The summed E-state index contributed by atoms with van der Waals surface area (Å²) in [5.41, 5.74) is 5.59. The lowest BCUT2D eigenvalue weighted by molar-refractivity contribution is -0.0822. The SMILES string of the molecule is COCOCC(N)[C@@H](O)COCOC. The minimum atomic E-state index is -0.762. The highest BCUT2D eigenvalue weighted by Gasteiger charge is 2.14. The lowest BCUT2D eigenvalue weighted by Crippen LogP contribution is -2.41. The smallest absolute Gasteiger partial charge is 0.146 e. The second-order valence-corrected chi connectivity index (χ2v) is 2.79. The molecule has 0 saturated carbocycles. The van der Waals surface area contributed by atoms with Crippen LogP contribution in [0.15, 0.2) is 0 Å². The van der Waals surface area contributed by atoms with Gasteiger partial charge in [0.1, 0.15) is 13.6 Å². The molecule has 2 atom stereocenters. The Labute approximate surface area is 83.9 Å². The fourth-order valence-corrected chi connectivity index (χ4v) is 0.754. The summed E-state index contributed by atoms with van der Waals surface area (Å²) in [6, 6.07) is -0.484. The highest BCUT2D eigenvalue weighted by molar-refractivity contribution is 4.70. The third-order valence-electron chi connectivity index (χ3n) is 1.50. The van der Waals surface area contributed by atoms with E-state index in [-0.39, 0.29) is 26.8 Å².